The van der Waals surface area contributed by atoms with Crippen molar-refractivity contribution in [2.75, 3.05) is 30.1 Å². The van der Waals surface area contributed by atoms with Crippen LogP contribution in [0.15, 0.2) is 47.5 Å². The van der Waals surface area contributed by atoms with Crippen molar-refractivity contribution in [2.24, 2.45) is 0 Å². The Morgan fingerprint density at radius 1 is 1.16 bits per heavy atom. The van der Waals surface area contributed by atoms with Crippen molar-refractivity contribution >= 4 is 39.7 Å². The fraction of sp³-hybridized carbons (Fsp3) is 0.200. The minimum atomic E-state index is 0.578. The van der Waals surface area contributed by atoms with Crippen molar-refractivity contribution in [3.05, 3.63) is 53.7 Å². The molecule has 5 heteroatoms. The maximum absolute atomic E-state index is 9.58. The van der Waals surface area contributed by atoms with Crippen molar-refractivity contribution in [1.82, 2.24) is 4.98 Å². The first-order valence-corrected chi connectivity index (χ1v) is 9.18. The fourth-order valence-corrected chi connectivity index (χ4v) is 4.25. The van der Waals surface area contributed by atoms with Crippen molar-refractivity contribution in [1.29, 1.82) is 5.26 Å². The third-order valence-corrected chi connectivity index (χ3v) is 5.58. The molecule has 0 fully saturated rings. The number of pyridine rings is 1. The molecule has 1 aliphatic heterocycles. The Morgan fingerprint density at radius 2 is 1.96 bits per heavy atom. The lowest BCUT2D eigenvalue weighted by molar-refractivity contribution is 1.13. The van der Waals surface area contributed by atoms with E-state index >= 15 is 0 Å². The Hall–Kier alpha value is -2.71. The smallest absolute Gasteiger partial charge is 0.103 e. The number of nitriles is 1. The maximum atomic E-state index is 9.58. The van der Waals surface area contributed by atoms with Gasteiger partial charge < -0.3 is 10.2 Å². The minimum Gasteiger partial charge on any atom is -0.378 e. The zero-order chi connectivity index (χ0) is 17.4. The van der Waals surface area contributed by atoms with Gasteiger partial charge >= 0.3 is 0 Å². The highest BCUT2D eigenvalue weighted by Gasteiger charge is 2.19. The predicted molar refractivity (Wildman–Crippen MR) is 105 cm³/mol. The second-order valence-corrected chi connectivity index (χ2v) is 7.40. The molecule has 0 saturated heterocycles. The molecule has 0 aliphatic carbocycles. The summed E-state index contributed by atoms with van der Waals surface area (Å²) in [4.78, 5) is 7.86. The van der Waals surface area contributed by atoms with Gasteiger partial charge in [0.2, 0.25) is 0 Å². The third kappa shape index (κ3) is 2.79. The van der Waals surface area contributed by atoms with Crippen LogP contribution < -0.4 is 10.2 Å². The summed E-state index contributed by atoms with van der Waals surface area (Å²) in [6, 6.07) is 14.7. The molecule has 4 nitrogen and oxygen atoms in total. The van der Waals surface area contributed by atoms with Gasteiger partial charge in [-0.2, -0.15) is 5.26 Å². The molecule has 0 spiro atoms. The molecule has 0 amide bonds. The van der Waals surface area contributed by atoms with Gasteiger partial charge in [-0.05, 0) is 48.4 Å². The molecule has 2 aromatic carbocycles. The normalized spacial score (nSPS) is 12.7. The van der Waals surface area contributed by atoms with Crippen LogP contribution >= 0.6 is 11.8 Å². The lowest BCUT2D eigenvalue weighted by atomic mass is 10.0. The number of nitrogens with one attached hydrogen (secondary N) is 1. The van der Waals surface area contributed by atoms with Crippen LogP contribution in [0.2, 0.25) is 0 Å². The number of aryl methyl sites for hydroxylation is 1. The molecule has 0 bridgehead atoms. The zero-order valence-corrected chi connectivity index (χ0v) is 15.0. The molecule has 0 radical (unpaired) electrons. The van der Waals surface area contributed by atoms with Crippen molar-refractivity contribution < 1.29 is 0 Å². The molecule has 0 atom stereocenters. The van der Waals surface area contributed by atoms with Gasteiger partial charge in [0.05, 0.1) is 16.8 Å². The molecule has 3 aromatic rings. The van der Waals surface area contributed by atoms with Gasteiger partial charge in [-0.15, -0.1) is 11.8 Å². The first-order chi connectivity index (χ1) is 12.2. The summed E-state index contributed by atoms with van der Waals surface area (Å²) in [5.41, 5.74) is 5.80. The second kappa shape index (κ2) is 6.30. The highest BCUT2D eigenvalue weighted by atomic mass is 32.2. The fourth-order valence-electron chi connectivity index (χ4n) is 3.18. The van der Waals surface area contributed by atoms with Crippen LogP contribution in [0.3, 0.4) is 0 Å². The van der Waals surface area contributed by atoms with E-state index in [-0.39, 0.29) is 0 Å². The average Bonchev–Trinajstić information content (AvgIpc) is 3.11. The van der Waals surface area contributed by atoms with E-state index in [1.807, 2.05) is 44.1 Å². The molecule has 124 valence electrons. The molecule has 2 heterocycles. The Labute approximate surface area is 151 Å². The van der Waals surface area contributed by atoms with Gasteiger partial charge in [0.1, 0.15) is 6.07 Å². The second-order valence-electron chi connectivity index (χ2n) is 6.26. The standard InChI is InChI=1S/C20H18N4S/c1-24(2)15-5-3-14(4-6-15)23-20-13(11-21)12-22-17-7-8-18-16(19(17)20)9-10-25-18/h3-8,12H,9-10H2,1-2H3,(H,22,23). The van der Waals surface area contributed by atoms with Crippen LogP contribution in [0.1, 0.15) is 11.1 Å². The number of hydrogen-bond acceptors (Lipinski definition) is 5. The Morgan fingerprint density at radius 3 is 2.68 bits per heavy atom. The quantitative estimate of drug-likeness (QED) is 0.753. The van der Waals surface area contributed by atoms with Crippen molar-refractivity contribution in [3.63, 3.8) is 0 Å². The van der Waals surface area contributed by atoms with E-state index in [1.165, 1.54) is 10.5 Å². The monoisotopic (exact) mass is 346 g/mol. The summed E-state index contributed by atoms with van der Waals surface area (Å²) in [7, 11) is 4.04. The molecule has 0 saturated carbocycles. The van der Waals surface area contributed by atoms with Gasteiger partial charge in [0.15, 0.2) is 0 Å². The largest absolute Gasteiger partial charge is 0.378 e. The van der Waals surface area contributed by atoms with Crippen LogP contribution in [0.25, 0.3) is 10.9 Å². The minimum absolute atomic E-state index is 0.578. The molecule has 1 N–H and O–H groups in total. The number of thioether (sulfide) groups is 1. The van der Waals surface area contributed by atoms with Gasteiger partial charge in [-0.25, -0.2) is 0 Å². The van der Waals surface area contributed by atoms with Gasteiger partial charge in [-0.3, -0.25) is 4.98 Å². The number of rotatable bonds is 3. The van der Waals surface area contributed by atoms with Crippen molar-refractivity contribution in [2.45, 2.75) is 11.3 Å². The maximum Gasteiger partial charge on any atom is 0.103 e. The van der Waals surface area contributed by atoms with Gasteiger partial charge in [0, 0.05) is 47.7 Å². The topological polar surface area (TPSA) is 52.0 Å². The Kier molecular flexibility index (Phi) is 3.98. The number of benzene rings is 2. The summed E-state index contributed by atoms with van der Waals surface area (Å²) < 4.78 is 0. The zero-order valence-electron chi connectivity index (χ0n) is 14.2. The number of nitrogens with zero attached hydrogens (tertiary/aromatic N) is 3. The molecule has 4 rings (SSSR count). The van der Waals surface area contributed by atoms with Crippen LogP contribution in [-0.2, 0) is 6.42 Å². The van der Waals surface area contributed by atoms with E-state index in [2.05, 4.69) is 39.5 Å². The summed E-state index contributed by atoms with van der Waals surface area (Å²) in [6.45, 7) is 0. The van der Waals surface area contributed by atoms with Crippen LogP contribution in [0, 0.1) is 11.3 Å². The summed E-state index contributed by atoms with van der Waals surface area (Å²) in [5, 5.41) is 14.1. The highest BCUT2D eigenvalue weighted by molar-refractivity contribution is 7.99. The van der Waals surface area contributed by atoms with E-state index in [0.717, 1.165) is 40.1 Å². The highest BCUT2D eigenvalue weighted by Crippen LogP contribution is 2.40. The molecular formula is C20H18N4S. The van der Waals surface area contributed by atoms with E-state index < -0.39 is 0 Å². The lowest BCUT2D eigenvalue weighted by Crippen LogP contribution is -2.08. The SMILES string of the molecule is CN(C)c1ccc(Nc2c(C#N)cnc3ccc4c(c23)CCS4)cc1. The third-order valence-electron chi connectivity index (χ3n) is 4.48. The van der Waals surface area contributed by atoms with Crippen LogP contribution in [0.5, 0.6) is 0 Å². The van der Waals surface area contributed by atoms with Gasteiger partial charge in [0.25, 0.3) is 0 Å². The molecule has 1 aromatic heterocycles. The van der Waals surface area contributed by atoms with E-state index in [0.29, 0.717) is 5.56 Å². The summed E-state index contributed by atoms with van der Waals surface area (Å²) in [5.74, 6) is 1.09. The Balaban J connectivity index is 1.85. The lowest BCUT2D eigenvalue weighted by Gasteiger charge is -2.16. The number of fused-ring (bicyclic) bond motifs is 3. The van der Waals surface area contributed by atoms with Crippen molar-refractivity contribution in [3.8, 4) is 6.07 Å². The number of aromatic nitrogens is 1. The van der Waals surface area contributed by atoms with E-state index in [4.69, 9.17) is 0 Å². The van der Waals surface area contributed by atoms with E-state index in [1.54, 1.807) is 6.20 Å². The Bertz CT molecular complexity index is 987. The summed E-state index contributed by atoms with van der Waals surface area (Å²) >= 11 is 1.87. The van der Waals surface area contributed by atoms with Crippen LogP contribution in [0.4, 0.5) is 17.1 Å². The number of anilines is 3. The molecular weight excluding hydrogens is 328 g/mol. The number of hydrogen-bond donors (Lipinski definition) is 1. The first-order valence-electron chi connectivity index (χ1n) is 8.19. The average molecular weight is 346 g/mol. The molecule has 1 aliphatic rings. The summed E-state index contributed by atoms with van der Waals surface area (Å²) in [6.07, 6.45) is 2.68. The van der Waals surface area contributed by atoms with E-state index in [9.17, 15) is 5.26 Å². The molecule has 25 heavy (non-hydrogen) atoms. The van der Waals surface area contributed by atoms with Crippen LogP contribution in [-0.4, -0.2) is 24.8 Å². The first kappa shape index (κ1) is 15.8. The van der Waals surface area contributed by atoms with Gasteiger partial charge in [-0.1, -0.05) is 0 Å². The molecule has 0 unspecified atom stereocenters. The predicted octanol–water partition coefficient (Wildman–Crippen LogP) is 4.56.